The van der Waals surface area contributed by atoms with Crippen molar-refractivity contribution in [2.45, 2.75) is 19.5 Å². The van der Waals surface area contributed by atoms with Gasteiger partial charge in [0.1, 0.15) is 11.8 Å². The summed E-state index contributed by atoms with van der Waals surface area (Å²) in [6.45, 7) is 2.29. The van der Waals surface area contributed by atoms with Crippen LogP contribution in [0.2, 0.25) is 5.02 Å². The lowest BCUT2D eigenvalue weighted by atomic mass is 10.00. The van der Waals surface area contributed by atoms with E-state index in [0.29, 0.717) is 17.1 Å². The van der Waals surface area contributed by atoms with Crippen LogP contribution in [-0.4, -0.2) is 21.7 Å². The number of hydrogen-bond donors (Lipinski definition) is 1. The molecular formula is C21H16ClNO3S2. The highest BCUT2D eigenvalue weighted by molar-refractivity contribution is 7.12. The number of amides is 1. The molecule has 0 bridgehead atoms. The number of aryl methyl sites for hydroxylation is 1. The minimum atomic E-state index is -0.667. The maximum absolute atomic E-state index is 12.9. The second-order valence-corrected chi connectivity index (χ2v) is 9.25. The number of carbonyl (C=O) groups is 2. The molecule has 3 aromatic rings. The number of carbonyl (C=O) groups excluding carboxylic acids is 2. The molecule has 1 N–H and O–H groups in total. The molecule has 4 rings (SSSR count). The van der Waals surface area contributed by atoms with Gasteiger partial charge in [0, 0.05) is 25.2 Å². The van der Waals surface area contributed by atoms with Crippen molar-refractivity contribution in [3.8, 4) is 0 Å². The number of Topliss-reactive ketones (excluding diaryl/α,β-unsaturated/α-hetero) is 1. The van der Waals surface area contributed by atoms with E-state index in [9.17, 15) is 14.7 Å². The van der Waals surface area contributed by atoms with Crippen LogP contribution in [-0.2, 0) is 16.1 Å². The molecule has 1 fully saturated rings. The number of halogens is 1. The summed E-state index contributed by atoms with van der Waals surface area (Å²) in [6, 6.07) is 13.7. The Balaban J connectivity index is 1.85. The lowest BCUT2D eigenvalue weighted by Crippen LogP contribution is -2.28. The first-order valence-corrected chi connectivity index (χ1v) is 10.7. The van der Waals surface area contributed by atoms with Crippen LogP contribution in [0.1, 0.15) is 26.2 Å². The Morgan fingerprint density at radius 2 is 1.89 bits per heavy atom. The summed E-state index contributed by atoms with van der Waals surface area (Å²) in [6.07, 6.45) is 0. The molecule has 1 atom stereocenters. The molecule has 0 saturated carbocycles. The van der Waals surface area contributed by atoms with Crippen molar-refractivity contribution in [1.29, 1.82) is 0 Å². The van der Waals surface area contributed by atoms with Crippen LogP contribution < -0.4 is 0 Å². The zero-order valence-corrected chi connectivity index (χ0v) is 17.3. The van der Waals surface area contributed by atoms with Crippen molar-refractivity contribution in [2.24, 2.45) is 0 Å². The average molecular weight is 430 g/mol. The molecule has 1 unspecified atom stereocenters. The first-order valence-electron chi connectivity index (χ1n) is 8.59. The van der Waals surface area contributed by atoms with E-state index in [1.54, 1.807) is 29.2 Å². The van der Waals surface area contributed by atoms with Crippen LogP contribution in [0.4, 0.5) is 0 Å². The number of hydrogen-bond acceptors (Lipinski definition) is 5. The topological polar surface area (TPSA) is 57.6 Å². The van der Waals surface area contributed by atoms with Gasteiger partial charge in [-0.05, 0) is 54.8 Å². The molecule has 0 spiro atoms. The van der Waals surface area contributed by atoms with E-state index in [2.05, 4.69) is 0 Å². The second kappa shape index (κ2) is 7.54. The number of ketones is 1. The summed E-state index contributed by atoms with van der Waals surface area (Å²) < 4.78 is 0. The van der Waals surface area contributed by atoms with Crippen molar-refractivity contribution >= 4 is 51.7 Å². The summed E-state index contributed by atoms with van der Waals surface area (Å²) in [5, 5.41) is 13.4. The highest BCUT2D eigenvalue weighted by Gasteiger charge is 2.46. The van der Waals surface area contributed by atoms with Crippen molar-refractivity contribution in [1.82, 2.24) is 4.90 Å². The van der Waals surface area contributed by atoms with Crippen molar-refractivity contribution in [2.75, 3.05) is 0 Å². The Bertz CT molecular complexity index is 1070. The van der Waals surface area contributed by atoms with Gasteiger partial charge in [0.25, 0.3) is 11.7 Å². The highest BCUT2D eigenvalue weighted by Crippen LogP contribution is 2.42. The van der Waals surface area contributed by atoms with Crippen molar-refractivity contribution in [3.05, 3.63) is 84.7 Å². The third-order valence-electron chi connectivity index (χ3n) is 4.59. The second-order valence-electron chi connectivity index (χ2n) is 6.46. The minimum absolute atomic E-state index is 0.116. The highest BCUT2D eigenvalue weighted by atomic mass is 35.5. The fourth-order valence-corrected chi connectivity index (χ4v) is 5.10. The van der Waals surface area contributed by atoms with Gasteiger partial charge in [-0.1, -0.05) is 17.7 Å². The van der Waals surface area contributed by atoms with E-state index >= 15 is 0 Å². The molecular weight excluding hydrogens is 414 g/mol. The van der Waals surface area contributed by atoms with Gasteiger partial charge >= 0.3 is 0 Å². The predicted octanol–water partition coefficient (Wildman–Crippen LogP) is 5.39. The third kappa shape index (κ3) is 3.39. The van der Waals surface area contributed by atoms with Gasteiger partial charge in [0.05, 0.1) is 12.1 Å². The van der Waals surface area contributed by atoms with E-state index in [-0.39, 0.29) is 11.3 Å². The number of benzene rings is 1. The van der Waals surface area contributed by atoms with E-state index in [1.165, 1.54) is 22.7 Å². The van der Waals surface area contributed by atoms with Crippen LogP contribution in [0.5, 0.6) is 0 Å². The quantitative estimate of drug-likeness (QED) is 0.343. The largest absolute Gasteiger partial charge is 0.507 e. The molecule has 1 saturated heterocycles. The summed E-state index contributed by atoms with van der Waals surface area (Å²) in [7, 11) is 0. The maximum Gasteiger partial charge on any atom is 0.296 e. The molecule has 7 heteroatoms. The van der Waals surface area contributed by atoms with Gasteiger partial charge in [-0.2, -0.15) is 0 Å². The van der Waals surface area contributed by atoms with Crippen LogP contribution in [0.15, 0.2) is 59.5 Å². The monoisotopic (exact) mass is 429 g/mol. The van der Waals surface area contributed by atoms with Gasteiger partial charge < -0.3 is 10.0 Å². The van der Waals surface area contributed by atoms with Gasteiger partial charge in [0.15, 0.2) is 0 Å². The molecule has 4 nitrogen and oxygen atoms in total. The first kappa shape index (κ1) is 18.9. The third-order valence-corrected chi connectivity index (χ3v) is 6.76. The standard InChI is InChI=1S/C21H16ClNO3S2/c1-12-4-9-16(28-12)18-17(19(24)13-5-7-14(22)8-6-13)20(25)21(26)23(18)11-15-3-2-10-27-15/h2-10,18,24H,11H2,1H3/b19-17+. The molecule has 1 aliphatic rings. The van der Waals surface area contributed by atoms with E-state index in [1.807, 2.05) is 36.6 Å². The molecule has 1 amide bonds. The van der Waals surface area contributed by atoms with Gasteiger partial charge in [-0.15, -0.1) is 22.7 Å². The normalized spacial score (nSPS) is 18.8. The smallest absolute Gasteiger partial charge is 0.296 e. The molecule has 0 aliphatic carbocycles. The fraction of sp³-hybridized carbons (Fsp3) is 0.143. The van der Waals surface area contributed by atoms with Crippen molar-refractivity contribution < 1.29 is 14.7 Å². The molecule has 1 aromatic carbocycles. The lowest BCUT2D eigenvalue weighted by molar-refractivity contribution is -0.140. The van der Waals surface area contributed by atoms with Crippen LogP contribution in [0.3, 0.4) is 0 Å². The number of aliphatic hydroxyl groups is 1. The zero-order chi connectivity index (χ0) is 19.8. The molecule has 3 heterocycles. The molecule has 0 radical (unpaired) electrons. The van der Waals surface area contributed by atoms with Gasteiger partial charge in [-0.25, -0.2) is 0 Å². The Hall–Kier alpha value is -2.41. The minimum Gasteiger partial charge on any atom is -0.507 e. The van der Waals surface area contributed by atoms with E-state index in [0.717, 1.165) is 14.6 Å². The summed E-state index contributed by atoms with van der Waals surface area (Å²) in [5.41, 5.74) is 0.572. The first-order chi connectivity index (χ1) is 13.5. The fourth-order valence-electron chi connectivity index (χ4n) is 3.27. The molecule has 28 heavy (non-hydrogen) atoms. The van der Waals surface area contributed by atoms with Gasteiger partial charge in [0.2, 0.25) is 0 Å². The number of rotatable bonds is 4. The summed E-state index contributed by atoms with van der Waals surface area (Å²) in [5.74, 6) is -1.44. The van der Waals surface area contributed by atoms with Crippen LogP contribution in [0, 0.1) is 6.92 Å². The van der Waals surface area contributed by atoms with Crippen LogP contribution in [0.25, 0.3) is 5.76 Å². The maximum atomic E-state index is 12.9. The number of thiophene rings is 2. The van der Waals surface area contributed by atoms with E-state index < -0.39 is 17.7 Å². The Morgan fingerprint density at radius 3 is 2.50 bits per heavy atom. The van der Waals surface area contributed by atoms with Crippen molar-refractivity contribution in [3.63, 3.8) is 0 Å². The average Bonchev–Trinajstić information content (AvgIpc) is 3.39. The van der Waals surface area contributed by atoms with Crippen LogP contribution >= 0.6 is 34.3 Å². The Kier molecular flexibility index (Phi) is 5.10. The molecule has 142 valence electrons. The lowest BCUT2D eigenvalue weighted by Gasteiger charge is -2.23. The number of likely N-dealkylation sites (tertiary alicyclic amines) is 1. The zero-order valence-electron chi connectivity index (χ0n) is 14.9. The Morgan fingerprint density at radius 1 is 1.14 bits per heavy atom. The molecule has 2 aromatic heterocycles. The van der Waals surface area contributed by atoms with Gasteiger partial charge in [-0.3, -0.25) is 9.59 Å². The number of aliphatic hydroxyl groups excluding tert-OH is 1. The predicted molar refractivity (Wildman–Crippen MR) is 113 cm³/mol. The SMILES string of the molecule is Cc1ccc(C2/C(=C(\O)c3ccc(Cl)cc3)C(=O)C(=O)N2Cc2cccs2)s1. The molecule has 1 aliphatic heterocycles. The number of nitrogens with zero attached hydrogens (tertiary/aromatic N) is 1. The summed E-state index contributed by atoms with van der Waals surface area (Å²) >= 11 is 8.98. The Labute approximate surface area is 175 Å². The van der Waals surface area contributed by atoms with E-state index in [4.69, 9.17) is 11.6 Å². The summed E-state index contributed by atoms with van der Waals surface area (Å²) in [4.78, 5) is 30.2.